The van der Waals surface area contributed by atoms with Gasteiger partial charge in [0.1, 0.15) is 0 Å². The van der Waals surface area contributed by atoms with E-state index in [1.54, 1.807) is 6.07 Å². The number of anilines is 1. The van der Waals surface area contributed by atoms with Gasteiger partial charge in [-0.1, -0.05) is 12.8 Å². The van der Waals surface area contributed by atoms with E-state index in [1.807, 2.05) is 11.9 Å². The predicted molar refractivity (Wildman–Crippen MR) is 75.1 cm³/mol. The van der Waals surface area contributed by atoms with Crippen molar-refractivity contribution < 1.29 is 14.7 Å². The Kier molecular flexibility index (Phi) is 3.25. The van der Waals surface area contributed by atoms with Gasteiger partial charge in [-0.3, -0.25) is 10.1 Å². The van der Waals surface area contributed by atoms with Crippen molar-refractivity contribution >= 4 is 22.4 Å². The summed E-state index contributed by atoms with van der Waals surface area (Å²) >= 11 is 0. The third-order valence-corrected chi connectivity index (χ3v) is 4.05. The molecular weight excluding hydrogens is 276 g/mol. The van der Waals surface area contributed by atoms with E-state index in [2.05, 4.69) is 14.9 Å². The maximum Gasteiger partial charge on any atom is 0.300 e. The molecule has 8 nitrogen and oxygen atoms in total. The topological polar surface area (TPSA) is 106 Å². The molecule has 1 aliphatic carbocycles. The summed E-state index contributed by atoms with van der Waals surface area (Å²) in [7, 11) is 1.82. The van der Waals surface area contributed by atoms with E-state index in [1.165, 1.54) is 6.07 Å². The lowest BCUT2D eigenvalue weighted by atomic mass is 10.0. The Hall–Kier alpha value is -2.22. The van der Waals surface area contributed by atoms with E-state index >= 15 is 0 Å². The Labute approximate surface area is 120 Å². The lowest BCUT2D eigenvalue weighted by molar-refractivity contribution is -0.383. The van der Waals surface area contributed by atoms with Crippen molar-refractivity contribution in [3.63, 3.8) is 0 Å². The average Bonchev–Trinajstić information content (AvgIpc) is 3.06. The summed E-state index contributed by atoms with van der Waals surface area (Å²) in [5.41, 5.74) is 0.288. The Balaban J connectivity index is 1.95. The van der Waals surface area contributed by atoms with Crippen LogP contribution in [0.2, 0.25) is 0 Å². The molecule has 0 radical (unpaired) electrons. The molecule has 0 aliphatic heterocycles. The fourth-order valence-corrected chi connectivity index (χ4v) is 3.01. The third kappa shape index (κ3) is 2.42. The molecule has 0 bridgehead atoms. The summed E-state index contributed by atoms with van der Waals surface area (Å²) in [6, 6.07) is 3.00. The molecule has 8 heteroatoms. The summed E-state index contributed by atoms with van der Waals surface area (Å²) in [4.78, 5) is 12.3. The highest BCUT2D eigenvalue weighted by molar-refractivity contribution is 5.93. The fraction of sp³-hybridized carbons (Fsp3) is 0.538. The van der Waals surface area contributed by atoms with E-state index in [-0.39, 0.29) is 11.2 Å². The number of nitrogens with zero attached hydrogens (tertiary/aromatic N) is 4. The van der Waals surface area contributed by atoms with Gasteiger partial charge >= 0.3 is 5.69 Å². The van der Waals surface area contributed by atoms with Crippen molar-refractivity contribution in [3.05, 3.63) is 22.2 Å². The number of non-ortho nitro benzene ring substituents is 1. The van der Waals surface area contributed by atoms with Gasteiger partial charge in [-0.2, -0.15) is 0 Å². The van der Waals surface area contributed by atoms with Crippen LogP contribution < -0.4 is 4.90 Å². The largest absolute Gasteiger partial charge is 0.388 e. The minimum atomic E-state index is -0.708. The SMILES string of the molecule is CN(CC1(O)CCCC1)c1ccc([N+](=O)[O-])c2nonc12. The van der Waals surface area contributed by atoms with Crippen LogP contribution in [-0.2, 0) is 0 Å². The maximum atomic E-state index is 11.0. The molecule has 1 aliphatic rings. The van der Waals surface area contributed by atoms with E-state index in [0.717, 1.165) is 25.7 Å². The van der Waals surface area contributed by atoms with Gasteiger partial charge < -0.3 is 10.0 Å². The van der Waals surface area contributed by atoms with Crippen LogP contribution in [0, 0.1) is 10.1 Å². The summed E-state index contributed by atoms with van der Waals surface area (Å²) < 4.78 is 4.65. The van der Waals surface area contributed by atoms with Crippen LogP contribution in [0.15, 0.2) is 16.8 Å². The highest BCUT2D eigenvalue weighted by atomic mass is 16.6. The number of benzene rings is 1. The summed E-state index contributed by atoms with van der Waals surface area (Å²) in [5.74, 6) is 0. The third-order valence-electron chi connectivity index (χ3n) is 4.05. The number of rotatable bonds is 4. The van der Waals surface area contributed by atoms with Gasteiger partial charge in [0.15, 0.2) is 5.52 Å². The fourth-order valence-electron chi connectivity index (χ4n) is 3.01. The molecule has 2 aromatic rings. The van der Waals surface area contributed by atoms with Crippen molar-refractivity contribution in [2.75, 3.05) is 18.5 Å². The number of aliphatic hydroxyl groups is 1. The Morgan fingerprint density at radius 1 is 1.38 bits per heavy atom. The molecular formula is C13H16N4O4. The number of hydrogen-bond donors (Lipinski definition) is 1. The van der Waals surface area contributed by atoms with E-state index < -0.39 is 10.5 Å². The first kappa shape index (κ1) is 13.7. The first-order chi connectivity index (χ1) is 10.0. The number of fused-ring (bicyclic) bond motifs is 1. The Morgan fingerprint density at radius 3 is 2.71 bits per heavy atom. The van der Waals surface area contributed by atoms with E-state index in [0.29, 0.717) is 17.7 Å². The number of nitro groups is 1. The minimum Gasteiger partial charge on any atom is -0.388 e. The molecule has 1 fully saturated rings. The molecule has 1 N–H and O–H groups in total. The lowest BCUT2D eigenvalue weighted by Crippen LogP contribution is -2.39. The first-order valence-corrected chi connectivity index (χ1v) is 6.83. The van der Waals surface area contributed by atoms with Gasteiger partial charge in [-0.15, -0.1) is 0 Å². The summed E-state index contributed by atoms with van der Waals surface area (Å²) in [6.45, 7) is 0.451. The molecule has 1 saturated carbocycles. The summed E-state index contributed by atoms with van der Waals surface area (Å²) in [5, 5.41) is 28.8. The second-order valence-corrected chi connectivity index (χ2v) is 5.61. The van der Waals surface area contributed by atoms with Crippen LogP contribution in [0.4, 0.5) is 11.4 Å². The van der Waals surface area contributed by atoms with Crippen molar-refractivity contribution in [2.24, 2.45) is 0 Å². The molecule has 1 heterocycles. The van der Waals surface area contributed by atoms with Crippen LogP contribution in [0.1, 0.15) is 25.7 Å². The molecule has 21 heavy (non-hydrogen) atoms. The van der Waals surface area contributed by atoms with Gasteiger partial charge in [0, 0.05) is 19.7 Å². The molecule has 0 unspecified atom stereocenters. The van der Waals surface area contributed by atoms with Crippen molar-refractivity contribution in [1.29, 1.82) is 0 Å². The molecule has 1 aromatic heterocycles. The van der Waals surface area contributed by atoms with Crippen LogP contribution in [0.25, 0.3) is 11.0 Å². The predicted octanol–water partition coefficient (Wildman–Crippen LogP) is 1.87. The van der Waals surface area contributed by atoms with Gasteiger partial charge in [-0.05, 0) is 29.2 Å². The number of hydrogen-bond acceptors (Lipinski definition) is 7. The monoisotopic (exact) mass is 292 g/mol. The molecule has 0 amide bonds. The van der Waals surface area contributed by atoms with Crippen molar-refractivity contribution in [2.45, 2.75) is 31.3 Å². The van der Waals surface area contributed by atoms with Crippen molar-refractivity contribution in [1.82, 2.24) is 10.3 Å². The van der Waals surface area contributed by atoms with E-state index in [9.17, 15) is 15.2 Å². The zero-order valence-corrected chi connectivity index (χ0v) is 11.7. The van der Waals surface area contributed by atoms with Gasteiger partial charge in [0.25, 0.3) is 0 Å². The van der Waals surface area contributed by atoms with Crippen molar-refractivity contribution in [3.8, 4) is 0 Å². The van der Waals surface area contributed by atoms with Crippen LogP contribution in [-0.4, -0.2) is 39.5 Å². The molecule has 0 atom stereocenters. The number of nitro benzene ring substituents is 1. The highest BCUT2D eigenvalue weighted by Gasteiger charge is 2.33. The van der Waals surface area contributed by atoms with Crippen LogP contribution >= 0.6 is 0 Å². The second-order valence-electron chi connectivity index (χ2n) is 5.61. The minimum absolute atomic E-state index is 0.128. The first-order valence-electron chi connectivity index (χ1n) is 6.83. The normalized spacial score (nSPS) is 17.2. The summed E-state index contributed by atoms with van der Waals surface area (Å²) in [6.07, 6.45) is 3.58. The van der Waals surface area contributed by atoms with Crippen LogP contribution in [0.3, 0.4) is 0 Å². The van der Waals surface area contributed by atoms with E-state index in [4.69, 9.17) is 0 Å². The number of aromatic nitrogens is 2. The highest BCUT2D eigenvalue weighted by Crippen LogP contribution is 2.34. The molecule has 0 saturated heterocycles. The molecule has 1 aromatic carbocycles. The zero-order chi connectivity index (χ0) is 15.0. The zero-order valence-electron chi connectivity index (χ0n) is 11.7. The molecule has 3 rings (SSSR count). The standard InChI is InChI=1S/C13H16N4O4/c1-16(8-13(18)6-2-3-7-13)9-4-5-10(17(19)20)12-11(9)14-21-15-12/h4-5,18H,2-3,6-8H2,1H3. The maximum absolute atomic E-state index is 11.0. The lowest BCUT2D eigenvalue weighted by Gasteiger charge is -2.29. The second kappa shape index (κ2) is 4.96. The average molecular weight is 292 g/mol. The number of likely N-dealkylation sites (N-methyl/N-ethyl adjacent to an activating group) is 1. The van der Waals surface area contributed by atoms with Gasteiger partial charge in [0.05, 0.1) is 16.2 Å². The Morgan fingerprint density at radius 2 is 2.05 bits per heavy atom. The smallest absolute Gasteiger partial charge is 0.300 e. The van der Waals surface area contributed by atoms with Gasteiger partial charge in [-0.25, -0.2) is 4.63 Å². The quantitative estimate of drug-likeness (QED) is 0.677. The Bertz CT molecular complexity index is 678. The van der Waals surface area contributed by atoms with Crippen LogP contribution in [0.5, 0.6) is 0 Å². The molecule has 0 spiro atoms. The molecule has 112 valence electrons. The van der Waals surface area contributed by atoms with Gasteiger partial charge in [0.2, 0.25) is 5.52 Å².